The van der Waals surface area contributed by atoms with Gasteiger partial charge < -0.3 is 14.8 Å². The summed E-state index contributed by atoms with van der Waals surface area (Å²) in [7, 11) is 0. The van der Waals surface area contributed by atoms with Gasteiger partial charge >= 0.3 is 0 Å². The summed E-state index contributed by atoms with van der Waals surface area (Å²) >= 11 is 0. The lowest BCUT2D eigenvalue weighted by molar-refractivity contribution is 0.0891. The first-order valence-corrected chi connectivity index (χ1v) is 7.53. The van der Waals surface area contributed by atoms with Gasteiger partial charge in [0.1, 0.15) is 5.58 Å². The molecule has 2 atom stereocenters. The number of nitrogens with one attached hydrogen (secondary N) is 1. The maximum Gasteiger partial charge on any atom is 0.287 e. The van der Waals surface area contributed by atoms with Gasteiger partial charge in [0.15, 0.2) is 5.76 Å². The number of aryl methyl sites for hydroxylation is 2. The van der Waals surface area contributed by atoms with E-state index in [1.807, 2.05) is 32.0 Å². The maximum absolute atomic E-state index is 12.3. The number of hydrogen-bond donors (Lipinski definition) is 2. The van der Waals surface area contributed by atoms with Crippen LogP contribution in [0.2, 0.25) is 0 Å². The molecule has 2 N–H and O–H groups in total. The van der Waals surface area contributed by atoms with E-state index in [9.17, 15) is 9.90 Å². The van der Waals surface area contributed by atoms with Gasteiger partial charge in [0.05, 0.1) is 6.10 Å². The minimum absolute atomic E-state index is 0.167. The van der Waals surface area contributed by atoms with Crippen LogP contribution in [0.3, 0.4) is 0 Å². The molecule has 0 spiro atoms. The van der Waals surface area contributed by atoms with E-state index >= 15 is 0 Å². The Morgan fingerprint density at radius 3 is 2.86 bits per heavy atom. The summed E-state index contributed by atoms with van der Waals surface area (Å²) in [5.74, 6) is 0.356. The highest BCUT2D eigenvalue weighted by atomic mass is 16.3. The number of aliphatic hydroxyl groups excluding tert-OH is 1. The summed E-state index contributed by atoms with van der Waals surface area (Å²) < 4.78 is 5.76. The van der Waals surface area contributed by atoms with Gasteiger partial charge in [0.25, 0.3) is 5.91 Å². The van der Waals surface area contributed by atoms with E-state index in [2.05, 4.69) is 5.32 Å². The maximum atomic E-state index is 12.3. The van der Waals surface area contributed by atoms with Crippen molar-refractivity contribution in [2.75, 3.05) is 6.54 Å². The average Bonchev–Trinajstić information content (AvgIpc) is 3.02. The number of amides is 1. The van der Waals surface area contributed by atoms with Crippen molar-refractivity contribution in [3.05, 3.63) is 35.1 Å². The Balaban J connectivity index is 1.78. The Kier molecular flexibility index (Phi) is 3.72. The van der Waals surface area contributed by atoms with Crippen molar-refractivity contribution in [1.29, 1.82) is 0 Å². The molecule has 3 rings (SSSR count). The van der Waals surface area contributed by atoms with Gasteiger partial charge in [-0.25, -0.2) is 0 Å². The second kappa shape index (κ2) is 5.53. The van der Waals surface area contributed by atoms with E-state index in [1.165, 1.54) is 0 Å². The van der Waals surface area contributed by atoms with E-state index in [4.69, 9.17) is 4.42 Å². The second-order valence-corrected chi connectivity index (χ2v) is 5.98. The van der Waals surface area contributed by atoms with Crippen LogP contribution in [0.1, 0.15) is 40.9 Å². The quantitative estimate of drug-likeness (QED) is 0.912. The number of fused-ring (bicyclic) bond motifs is 1. The number of carbonyl (C=O) groups is 1. The molecular formula is C17H21NO3. The van der Waals surface area contributed by atoms with Gasteiger partial charge in [0.2, 0.25) is 0 Å². The molecule has 2 aromatic rings. The lowest BCUT2D eigenvalue weighted by atomic mass is 10.1. The first-order chi connectivity index (χ1) is 10.1. The third-order valence-electron chi connectivity index (χ3n) is 4.51. The van der Waals surface area contributed by atoms with Crippen LogP contribution >= 0.6 is 0 Å². The highest BCUT2D eigenvalue weighted by Gasteiger charge is 2.26. The van der Waals surface area contributed by atoms with Crippen molar-refractivity contribution < 1.29 is 14.3 Å². The Labute approximate surface area is 124 Å². The van der Waals surface area contributed by atoms with Gasteiger partial charge in [-0.1, -0.05) is 24.6 Å². The molecule has 1 heterocycles. The summed E-state index contributed by atoms with van der Waals surface area (Å²) in [6, 6.07) is 5.91. The Morgan fingerprint density at radius 2 is 2.19 bits per heavy atom. The third kappa shape index (κ3) is 2.56. The van der Waals surface area contributed by atoms with Crippen LogP contribution in [0.4, 0.5) is 0 Å². The van der Waals surface area contributed by atoms with E-state index in [-0.39, 0.29) is 17.9 Å². The summed E-state index contributed by atoms with van der Waals surface area (Å²) in [6.45, 7) is 4.39. The average molecular weight is 287 g/mol. The van der Waals surface area contributed by atoms with Crippen LogP contribution in [-0.4, -0.2) is 23.7 Å². The first-order valence-electron chi connectivity index (χ1n) is 7.53. The summed E-state index contributed by atoms with van der Waals surface area (Å²) in [5.41, 5.74) is 2.68. The molecular weight excluding hydrogens is 266 g/mol. The van der Waals surface area contributed by atoms with Crippen LogP contribution in [0.15, 0.2) is 22.6 Å². The van der Waals surface area contributed by atoms with E-state index in [0.717, 1.165) is 41.4 Å². The monoisotopic (exact) mass is 287 g/mol. The fourth-order valence-electron chi connectivity index (χ4n) is 3.16. The molecule has 1 aromatic heterocycles. The van der Waals surface area contributed by atoms with Gasteiger partial charge in [0, 0.05) is 23.4 Å². The summed E-state index contributed by atoms with van der Waals surface area (Å²) in [6.07, 6.45) is 2.55. The molecule has 0 bridgehead atoms. The normalized spacial score (nSPS) is 21.9. The van der Waals surface area contributed by atoms with Crippen LogP contribution in [0.25, 0.3) is 11.0 Å². The fourth-order valence-corrected chi connectivity index (χ4v) is 3.16. The molecule has 0 radical (unpaired) electrons. The van der Waals surface area contributed by atoms with Crippen molar-refractivity contribution in [3.8, 4) is 0 Å². The van der Waals surface area contributed by atoms with Crippen molar-refractivity contribution in [3.63, 3.8) is 0 Å². The second-order valence-electron chi connectivity index (χ2n) is 5.98. The number of hydrogen-bond acceptors (Lipinski definition) is 3. The van der Waals surface area contributed by atoms with Crippen LogP contribution < -0.4 is 5.32 Å². The Hall–Kier alpha value is -1.81. The summed E-state index contributed by atoms with van der Waals surface area (Å²) in [4.78, 5) is 12.3. The number of furan rings is 1. The molecule has 4 nitrogen and oxygen atoms in total. The van der Waals surface area contributed by atoms with Crippen LogP contribution in [-0.2, 0) is 0 Å². The number of rotatable bonds is 3. The van der Waals surface area contributed by atoms with Gasteiger partial charge in [-0.3, -0.25) is 4.79 Å². The van der Waals surface area contributed by atoms with E-state index < -0.39 is 0 Å². The Morgan fingerprint density at radius 1 is 1.38 bits per heavy atom. The fraction of sp³-hybridized carbons (Fsp3) is 0.471. The lowest BCUT2D eigenvalue weighted by Gasteiger charge is -2.14. The number of aliphatic hydroxyl groups is 1. The minimum atomic E-state index is -0.288. The first kappa shape index (κ1) is 14.1. The van der Waals surface area contributed by atoms with Crippen molar-refractivity contribution in [1.82, 2.24) is 5.32 Å². The molecule has 1 aliphatic rings. The molecule has 112 valence electrons. The van der Waals surface area contributed by atoms with E-state index in [0.29, 0.717) is 12.3 Å². The van der Waals surface area contributed by atoms with Crippen molar-refractivity contribution in [2.24, 2.45) is 5.92 Å². The number of carbonyl (C=O) groups excluding carboxylic acids is 1. The van der Waals surface area contributed by atoms with E-state index in [1.54, 1.807) is 0 Å². The number of para-hydroxylation sites is 1. The van der Waals surface area contributed by atoms with Gasteiger partial charge in [-0.15, -0.1) is 0 Å². The molecule has 1 aliphatic carbocycles. The topological polar surface area (TPSA) is 62.5 Å². The van der Waals surface area contributed by atoms with Gasteiger partial charge in [-0.2, -0.15) is 0 Å². The predicted molar refractivity (Wildman–Crippen MR) is 81.4 cm³/mol. The van der Waals surface area contributed by atoms with Crippen LogP contribution in [0, 0.1) is 19.8 Å². The number of benzene rings is 1. The standard InChI is InChI=1S/C17H21NO3/c1-10-5-3-7-13-11(2)16(21-15(10)13)17(20)18-9-12-6-4-8-14(12)19/h3,5,7,12,14,19H,4,6,8-9H2,1-2H3,(H,18,20). The largest absolute Gasteiger partial charge is 0.450 e. The molecule has 1 amide bonds. The molecule has 1 fully saturated rings. The van der Waals surface area contributed by atoms with Gasteiger partial charge in [-0.05, 0) is 32.3 Å². The summed E-state index contributed by atoms with van der Waals surface area (Å²) in [5, 5.41) is 13.7. The van der Waals surface area contributed by atoms with Crippen molar-refractivity contribution in [2.45, 2.75) is 39.2 Å². The zero-order valence-electron chi connectivity index (χ0n) is 12.5. The van der Waals surface area contributed by atoms with Crippen LogP contribution in [0.5, 0.6) is 0 Å². The van der Waals surface area contributed by atoms with Crippen molar-refractivity contribution >= 4 is 16.9 Å². The molecule has 2 unspecified atom stereocenters. The smallest absolute Gasteiger partial charge is 0.287 e. The molecule has 4 heteroatoms. The highest BCUT2D eigenvalue weighted by molar-refractivity contribution is 5.99. The minimum Gasteiger partial charge on any atom is -0.450 e. The molecule has 1 saturated carbocycles. The molecule has 21 heavy (non-hydrogen) atoms. The predicted octanol–water partition coefficient (Wildman–Crippen LogP) is 2.94. The molecule has 0 saturated heterocycles. The highest BCUT2D eigenvalue weighted by Crippen LogP contribution is 2.28. The molecule has 1 aromatic carbocycles. The lowest BCUT2D eigenvalue weighted by Crippen LogP contribution is -2.32. The zero-order valence-corrected chi connectivity index (χ0v) is 12.5. The Bertz CT molecular complexity index is 674. The zero-order chi connectivity index (χ0) is 15.0. The molecule has 0 aliphatic heterocycles. The SMILES string of the molecule is Cc1c(C(=O)NCC2CCCC2O)oc2c(C)cccc12. The third-order valence-corrected chi connectivity index (χ3v) is 4.51.